The van der Waals surface area contributed by atoms with Crippen LogP contribution in [-0.4, -0.2) is 79.9 Å². The van der Waals surface area contributed by atoms with E-state index in [0.717, 1.165) is 57.8 Å². The summed E-state index contributed by atoms with van der Waals surface area (Å²) >= 11 is 0. The zero-order chi connectivity index (χ0) is 18.9. The Labute approximate surface area is 160 Å². The number of carbonyl (C=O) groups is 1. The number of sulfone groups is 1. The first-order chi connectivity index (χ1) is 13.0. The van der Waals surface area contributed by atoms with E-state index >= 15 is 0 Å². The second-order valence-corrected chi connectivity index (χ2v) is 10.0. The highest BCUT2D eigenvalue weighted by Gasteiger charge is 2.36. The number of hydrogen-bond donors (Lipinski definition) is 1. The first-order valence-electron chi connectivity index (χ1n) is 9.90. The normalized spacial score (nSPS) is 25.6. The maximum atomic E-state index is 12.5. The summed E-state index contributed by atoms with van der Waals surface area (Å²) in [4.78, 5) is 14.9. The number of ether oxygens (including phenoxy) is 1. The third-order valence-corrected chi connectivity index (χ3v) is 7.34. The average Bonchev–Trinajstić information content (AvgIpc) is 3.30. The molecule has 27 heavy (non-hydrogen) atoms. The Morgan fingerprint density at radius 2 is 2.04 bits per heavy atom. The minimum atomic E-state index is -2.98. The van der Waals surface area contributed by atoms with Crippen LogP contribution in [0.3, 0.4) is 0 Å². The minimum Gasteiger partial charge on any atom is -0.379 e. The molecule has 1 aliphatic carbocycles. The predicted molar refractivity (Wildman–Crippen MR) is 101 cm³/mol. The van der Waals surface area contributed by atoms with Gasteiger partial charge >= 0.3 is 0 Å². The molecular formula is C18H28N4O4S. The molecule has 0 radical (unpaired) electrons. The molecule has 8 nitrogen and oxygen atoms in total. The van der Waals surface area contributed by atoms with Crippen molar-refractivity contribution in [2.75, 3.05) is 50.9 Å². The SMILES string of the molecule is O=C(NCCCN1CCOCC1)c1cc(C2CC2)n(C2CCS(=O)(=O)C2)n1. The number of rotatable bonds is 7. The molecule has 0 spiro atoms. The van der Waals surface area contributed by atoms with Gasteiger partial charge in [-0.1, -0.05) is 0 Å². The van der Waals surface area contributed by atoms with Crippen LogP contribution in [0.25, 0.3) is 0 Å². The molecule has 1 aromatic rings. The van der Waals surface area contributed by atoms with Crippen LogP contribution in [0.5, 0.6) is 0 Å². The van der Waals surface area contributed by atoms with Gasteiger partial charge in [0, 0.05) is 31.2 Å². The van der Waals surface area contributed by atoms with E-state index < -0.39 is 9.84 Å². The van der Waals surface area contributed by atoms with Crippen LogP contribution in [0.1, 0.15) is 53.8 Å². The fraction of sp³-hybridized carbons (Fsp3) is 0.778. The van der Waals surface area contributed by atoms with Gasteiger partial charge in [-0.2, -0.15) is 5.10 Å². The second kappa shape index (κ2) is 7.89. The van der Waals surface area contributed by atoms with Crippen molar-refractivity contribution in [2.45, 2.75) is 37.6 Å². The van der Waals surface area contributed by atoms with Crippen molar-refractivity contribution in [1.82, 2.24) is 20.0 Å². The minimum absolute atomic E-state index is 0.131. The number of nitrogens with one attached hydrogen (secondary N) is 1. The van der Waals surface area contributed by atoms with E-state index in [2.05, 4.69) is 15.3 Å². The Balaban J connectivity index is 1.34. The van der Waals surface area contributed by atoms with E-state index in [1.54, 1.807) is 0 Å². The highest BCUT2D eigenvalue weighted by molar-refractivity contribution is 7.91. The Hall–Kier alpha value is -1.45. The van der Waals surface area contributed by atoms with Crippen molar-refractivity contribution < 1.29 is 17.9 Å². The summed E-state index contributed by atoms with van der Waals surface area (Å²) in [5, 5.41) is 7.46. The molecule has 3 aliphatic rings. The smallest absolute Gasteiger partial charge is 0.271 e. The lowest BCUT2D eigenvalue weighted by Crippen LogP contribution is -2.38. The van der Waals surface area contributed by atoms with Gasteiger partial charge in [-0.25, -0.2) is 8.42 Å². The number of aromatic nitrogens is 2. The second-order valence-electron chi connectivity index (χ2n) is 7.79. The lowest BCUT2D eigenvalue weighted by Gasteiger charge is -2.26. The van der Waals surface area contributed by atoms with Gasteiger partial charge in [-0.05, 0) is 38.3 Å². The maximum absolute atomic E-state index is 12.5. The lowest BCUT2D eigenvalue weighted by atomic mass is 10.2. The molecular weight excluding hydrogens is 368 g/mol. The summed E-state index contributed by atoms with van der Waals surface area (Å²) in [7, 11) is -2.98. The van der Waals surface area contributed by atoms with E-state index in [4.69, 9.17) is 4.74 Å². The van der Waals surface area contributed by atoms with Crippen molar-refractivity contribution in [1.29, 1.82) is 0 Å². The summed E-state index contributed by atoms with van der Waals surface area (Å²) in [6.45, 7) is 5.03. The summed E-state index contributed by atoms with van der Waals surface area (Å²) in [6, 6.07) is 1.73. The van der Waals surface area contributed by atoms with Crippen LogP contribution in [0.2, 0.25) is 0 Å². The topological polar surface area (TPSA) is 93.5 Å². The highest BCUT2D eigenvalue weighted by atomic mass is 32.2. The number of nitrogens with zero attached hydrogens (tertiary/aromatic N) is 3. The summed E-state index contributed by atoms with van der Waals surface area (Å²) in [5.74, 6) is 0.599. The molecule has 3 heterocycles. The third-order valence-electron chi connectivity index (χ3n) is 5.59. The van der Waals surface area contributed by atoms with E-state index in [1.165, 1.54) is 0 Å². The Morgan fingerprint density at radius 1 is 1.26 bits per heavy atom. The van der Waals surface area contributed by atoms with Gasteiger partial charge in [0.25, 0.3) is 5.91 Å². The third kappa shape index (κ3) is 4.70. The predicted octanol–water partition coefficient (Wildman–Crippen LogP) is 0.572. The molecule has 3 fully saturated rings. The molecule has 1 saturated carbocycles. The van der Waals surface area contributed by atoms with E-state index in [1.807, 2.05) is 10.7 Å². The van der Waals surface area contributed by atoms with Gasteiger partial charge in [-0.15, -0.1) is 0 Å². The Kier molecular flexibility index (Phi) is 5.52. The molecule has 4 rings (SSSR count). The van der Waals surface area contributed by atoms with Gasteiger partial charge in [0.2, 0.25) is 0 Å². The number of carbonyl (C=O) groups excluding carboxylic acids is 1. The van der Waals surface area contributed by atoms with Crippen molar-refractivity contribution >= 4 is 15.7 Å². The average molecular weight is 397 g/mol. The molecule has 0 aromatic carbocycles. The van der Waals surface area contributed by atoms with Gasteiger partial charge in [0.1, 0.15) is 5.69 Å². The van der Waals surface area contributed by atoms with Crippen LogP contribution in [0.4, 0.5) is 0 Å². The first-order valence-corrected chi connectivity index (χ1v) is 11.7. The van der Waals surface area contributed by atoms with Crippen LogP contribution in [-0.2, 0) is 14.6 Å². The fourth-order valence-corrected chi connectivity index (χ4v) is 5.58. The maximum Gasteiger partial charge on any atom is 0.271 e. The Morgan fingerprint density at radius 3 is 2.70 bits per heavy atom. The van der Waals surface area contributed by atoms with Gasteiger partial charge in [-0.3, -0.25) is 14.4 Å². The molecule has 2 saturated heterocycles. The zero-order valence-corrected chi connectivity index (χ0v) is 16.4. The number of amides is 1. The van der Waals surface area contributed by atoms with Crippen molar-refractivity contribution in [2.24, 2.45) is 0 Å². The first kappa shape index (κ1) is 18.9. The Bertz CT molecular complexity index is 781. The van der Waals surface area contributed by atoms with E-state index in [-0.39, 0.29) is 23.5 Å². The molecule has 2 aliphatic heterocycles. The van der Waals surface area contributed by atoms with Crippen molar-refractivity contribution in [3.63, 3.8) is 0 Å². The van der Waals surface area contributed by atoms with Crippen LogP contribution >= 0.6 is 0 Å². The highest BCUT2D eigenvalue weighted by Crippen LogP contribution is 2.42. The molecule has 9 heteroatoms. The molecule has 1 atom stereocenters. The van der Waals surface area contributed by atoms with Crippen LogP contribution < -0.4 is 5.32 Å². The zero-order valence-electron chi connectivity index (χ0n) is 15.6. The van der Waals surface area contributed by atoms with E-state index in [0.29, 0.717) is 24.6 Å². The molecule has 1 amide bonds. The van der Waals surface area contributed by atoms with Gasteiger partial charge in [0.05, 0.1) is 30.8 Å². The van der Waals surface area contributed by atoms with E-state index in [9.17, 15) is 13.2 Å². The largest absolute Gasteiger partial charge is 0.379 e. The summed E-state index contributed by atoms with van der Waals surface area (Å²) < 4.78 is 30.8. The van der Waals surface area contributed by atoms with Crippen LogP contribution in [0, 0.1) is 0 Å². The molecule has 1 N–H and O–H groups in total. The molecule has 1 aromatic heterocycles. The number of hydrogen-bond acceptors (Lipinski definition) is 6. The quantitative estimate of drug-likeness (QED) is 0.678. The lowest BCUT2D eigenvalue weighted by molar-refractivity contribution is 0.0374. The standard InChI is InChI=1S/C18H28N4O4S/c23-18(19-5-1-6-21-7-9-26-10-8-21)16-12-17(14-2-3-14)22(20-16)15-4-11-27(24,25)13-15/h12,14-15H,1-11,13H2,(H,19,23). The fourth-order valence-electron chi connectivity index (χ4n) is 3.88. The van der Waals surface area contributed by atoms with Crippen LogP contribution in [0.15, 0.2) is 6.07 Å². The van der Waals surface area contributed by atoms with Gasteiger partial charge in [0.15, 0.2) is 9.84 Å². The molecule has 0 bridgehead atoms. The molecule has 1 unspecified atom stereocenters. The molecule has 150 valence electrons. The summed E-state index contributed by atoms with van der Waals surface area (Å²) in [6.07, 6.45) is 3.66. The monoisotopic (exact) mass is 396 g/mol. The van der Waals surface area contributed by atoms with Crippen molar-refractivity contribution in [3.05, 3.63) is 17.5 Å². The number of morpholine rings is 1. The van der Waals surface area contributed by atoms with Crippen molar-refractivity contribution in [3.8, 4) is 0 Å². The van der Waals surface area contributed by atoms with Gasteiger partial charge < -0.3 is 10.1 Å². The summed E-state index contributed by atoms with van der Waals surface area (Å²) in [5.41, 5.74) is 1.43.